The SMILES string of the molecule is CCCOCc1ccccc1C=NNc1ccccc1. The Bertz CT molecular complexity index is 538. The van der Waals surface area contributed by atoms with Crippen LogP contribution in [0.15, 0.2) is 59.7 Å². The predicted molar refractivity (Wildman–Crippen MR) is 84.0 cm³/mol. The van der Waals surface area contributed by atoms with Gasteiger partial charge in [-0.2, -0.15) is 5.10 Å². The quantitative estimate of drug-likeness (QED) is 0.467. The molecule has 0 spiro atoms. The van der Waals surface area contributed by atoms with Gasteiger partial charge >= 0.3 is 0 Å². The van der Waals surface area contributed by atoms with Crippen LogP contribution in [-0.4, -0.2) is 12.8 Å². The summed E-state index contributed by atoms with van der Waals surface area (Å²) >= 11 is 0. The number of hydrogen-bond acceptors (Lipinski definition) is 3. The molecule has 0 aliphatic rings. The first-order chi connectivity index (χ1) is 9.90. The summed E-state index contributed by atoms with van der Waals surface area (Å²) in [7, 11) is 0. The van der Waals surface area contributed by atoms with Crippen LogP contribution >= 0.6 is 0 Å². The average Bonchev–Trinajstić information content (AvgIpc) is 2.50. The monoisotopic (exact) mass is 268 g/mol. The maximum Gasteiger partial charge on any atom is 0.0723 e. The Morgan fingerprint density at radius 2 is 1.80 bits per heavy atom. The Labute approximate surface area is 120 Å². The maximum absolute atomic E-state index is 5.59. The van der Waals surface area contributed by atoms with E-state index >= 15 is 0 Å². The summed E-state index contributed by atoms with van der Waals surface area (Å²) < 4.78 is 5.59. The van der Waals surface area contributed by atoms with Crippen molar-refractivity contribution in [2.75, 3.05) is 12.0 Å². The van der Waals surface area contributed by atoms with Crippen LogP contribution in [0.3, 0.4) is 0 Å². The van der Waals surface area contributed by atoms with E-state index in [4.69, 9.17) is 4.74 Å². The zero-order valence-corrected chi connectivity index (χ0v) is 11.8. The largest absolute Gasteiger partial charge is 0.377 e. The first-order valence-corrected chi connectivity index (χ1v) is 6.90. The third-order valence-corrected chi connectivity index (χ3v) is 2.83. The minimum absolute atomic E-state index is 0.626. The number of nitrogens with one attached hydrogen (secondary N) is 1. The van der Waals surface area contributed by atoms with Gasteiger partial charge in [0.25, 0.3) is 0 Å². The maximum atomic E-state index is 5.59. The highest BCUT2D eigenvalue weighted by Gasteiger charge is 1.99. The molecule has 3 heteroatoms. The highest BCUT2D eigenvalue weighted by atomic mass is 16.5. The number of hydrazone groups is 1. The van der Waals surface area contributed by atoms with Crippen LogP contribution in [0.5, 0.6) is 0 Å². The molecule has 0 bridgehead atoms. The molecule has 2 aromatic rings. The van der Waals surface area contributed by atoms with E-state index in [2.05, 4.69) is 23.5 Å². The van der Waals surface area contributed by atoms with Gasteiger partial charge in [-0.15, -0.1) is 0 Å². The van der Waals surface area contributed by atoms with Crippen molar-refractivity contribution in [2.24, 2.45) is 5.10 Å². The Kier molecular flexibility index (Phi) is 5.80. The van der Waals surface area contributed by atoms with Crippen molar-refractivity contribution in [2.45, 2.75) is 20.0 Å². The van der Waals surface area contributed by atoms with Crippen molar-refractivity contribution in [1.29, 1.82) is 0 Å². The van der Waals surface area contributed by atoms with Crippen LogP contribution < -0.4 is 5.43 Å². The summed E-state index contributed by atoms with van der Waals surface area (Å²) in [4.78, 5) is 0. The van der Waals surface area contributed by atoms with Crippen LogP contribution in [0.4, 0.5) is 5.69 Å². The van der Waals surface area contributed by atoms with Gasteiger partial charge in [-0.25, -0.2) is 0 Å². The smallest absolute Gasteiger partial charge is 0.0723 e. The third-order valence-electron chi connectivity index (χ3n) is 2.83. The van der Waals surface area contributed by atoms with Gasteiger partial charge in [-0.3, -0.25) is 5.43 Å². The van der Waals surface area contributed by atoms with Crippen molar-refractivity contribution in [1.82, 2.24) is 0 Å². The number of nitrogens with zero attached hydrogens (tertiary/aromatic N) is 1. The van der Waals surface area contributed by atoms with E-state index in [-0.39, 0.29) is 0 Å². The highest BCUT2D eigenvalue weighted by Crippen LogP contribution is 2.09. The molecular weight excluding hydrogens is 248 g/mol. The predicted octanol–water partition coefficient (Wildman–Crippen LogP) is 4.06. The fourth-order valence-electron chi connectivity index (χ4n) is 1.81. The molecule has 3 nitrogen and oxygen atoms in total. The molecule has 0 radical (unpaired) electrons. The lowest BCUT2D eigenvalue weighted by Gasteiger charge is -2.06. The minimum Gasteiger partial charge on any atom is -0.377 e. The first kappa shape index (κ1) is 14.3. The topological polar surface area (TPSA) is 33.6 Å². The summed E-state index contributed by atoms with van der Waals surface area (Å²) in [5, 5.41) is 4.27. The number of hydrogen-bond donors (Lipinski definition) is 1. The highest BCUT2D eigenvalue weighted by molar-refractivity contribution is 5.82. The van der Waals surface area contributed by atoms with E-state index in [0.29, 0.717) is 6.61 Å². The van der Waals surface area contributed by atoms with Gasteiger partial charge in [0.15, 0.2) is 0 Å². The molecule has 0 amide bonds. The van der Waals surface area contributed by atoms with Gasteiger partial charge in [0.05, 0.1) is 18.5 Å². The second kappa shape index (κ2) is 8.12. The molecule has 104 valence electrons. The van der Waals surface area contributed by atoms with Crippen molar-refractivity contribution in [3.05, 3.63) is 65.7 Å². The second-order valence-electron chi connectivity index (χ2n) is 4.49. The summed E-state index contributed by atoms with van der Waals surface area (Å²) in [5.41, 5.74) is 6.22. The van der Waals surface area contributed by atoms with Crippen LogP contribution in [0.1, 0.15) is 24.5 Å². The lowest BCUT2D eigenvalue weighted by atomic mass is 10.1. The molecule has 0 unspecified atom stereocenters. The number of rotatable bonds is 7. The Morgan fingerprint density at radius 1 is 1.05 bits per heavy atom. The fourth-order valence-corrected chi connectivity index (χ4v) is 1.81. The molecule has 0 heterocycles. The molecule has 0 aliphatic heterocycles. The standard InChI is InChI=1S/C17H20N2O/c1-2-12-20-14-16-9-7-6-8-15(16)13-18-19-17-10-4-3-5-11-17/h3-11,13,19H,2,12,14H2,1H3. The summed E-state index contributed by atoms with van der Waals surface area (Å²) in [5.74, 6) is 0. The van der Waals surface area contributed by atoms with Crippen LogP contribution in [0, 0.1) is 0 Å². The number of benzene rings is 2. The van der Waals surface area contributed by atoms with E-state index in [1.54, 1.807) is 0 Å². The lowest BCUT2D eigenvalue weighted by Crippen LogP contribution is -1.99. The van der Waals surface area contributed by atoms with Crippen molar-refractivity contribution < 1.29 is 4.74 Å². The molecule has 2 aromatic carbocycles. The minimum atomic E-state index is 0.626. The third kappa shape index (κ3) is 4.52. The van der Waals surface area contributed by atoms with Crippen LogP contribution in [-0.2, 0) is 11.3 Å². The summed E-state index contributed by atoms with van der Waals surface area (Å²) in [6.45, 7) is 3.52. The molecule has 0 fully saturated rings. The number of ether oxygens (including phenoxy) is 1. The van der Waals surface area contributed by atoms with Gasteiger partial charge in [0.2, 0.25) is 0 Å². The molecular formula is C17H20N2O. The summed E-state index contributed by atoms with van der Waals surface area (Å²) in [6.07, 6.45) is 2.86. The van der Waals surface area contributed by atoms with Crippen molar-refractivity contribution in [3.8, 4) is 0 Å². The molecule has 0 aliphatic carbocycles. The first-order valence-electron chi connectivity index (χ1n) is 6.90. The van der Waals surface area contributed by atoms with E-state index in [1.807, 2.05) is 54.7 Å². The number of para-hydroxylation sites is 1. The fraction of sp³-hybridized carbons (Fsp3) is 0.235. The second-order valence-corrected chi connectivity index (χ2v) is 4.49. The molecule has 0 saturated heterocycles. The van der Waals surface area contributed by atoms with Gasteiger partial charge in [-0.1, -0.05) is 49.4 Å². The van der Waals surface area contributed by atoms with Crippen LogP contribution in [0.25, 0.3) is 0 Å². The number of anilines is 1. The lowest BCUT2D eigenvalue weighted by molar-refractivity contribution is 0.121. The molecule has 0 saturated carbocycles. The van der Waals surface area contributed by atoms with Crippen LogP contribution in [0.2, 0.25) is 0 Å². The van der Waals surface area contributed by atoms with Gasteiger partial charge < -0.3 is 4.74 Å². The van der Waals surface area contributed by atoms with Gasteiger partial charge in [0.1, 0.15) is 0 Å². The van der Waals surface area contributed by atoms with E-state index < -0.39 is 0 Å². The van der Waals surface area contributed by atoms with E-state index in [0.717, 1.165) is 29.8 Å². The zero-order chi connectivity index (χ0) is 14.0. The summed E-state index contributed by atoms with van der Waals surface area (Å²) in [6, 6.07) is 18.0. The normalized spacial score (nSPS) is 10.8. The molecule has 1 N–H and O–H groups in total. The Balaban J connectivity index is 1.97. The zero-order valence-electron chi connectivity index (χ0n) is 11.8. The Morgan fingerprint density at radius 3 is 2.60 bits per heavy atom. The van der Waals surface area contributed by atoms with Gasteiger partial charge in [0, 0.05) is 12.2 Å². The Hall–Kier alpha value is -2.13. The van der Waals surface area contributed by atoms with E-state index in [1.165, 1.54) is 0 Å². The molecule has 2 rings (SSSR count). The van der Waals surface area contributed by atoms with Gasteiger partial charge in [-0.05, 0) is 24.1 Å². The molecule has 0 atom stereocenters. The molecule has 20 heavy (non-hydrogen) atoms. The van der Waals surface area contributed by atoms with Crippen molar-refractivity contribution in [3.63, 3.8) is 0 Å². The average molecular weight is 268 g/mol. The van der Waals surface area contributed by atoms with E-state index in [9.17, 15) is 0 Å². The van der Waals surface area contributed by atoms with Crippen molar-refractivity contribution >= 4 is 11.9 Å². The molecule has 0 aromatic heterocycles.